The lowest BCUT2D eigenvalue weighted by Crippen LogP contribution is -2.19. The zero-order valence-corrected chi connectivity index (χ0v) is 7.08. The molecule has 1 atom stereocenters. The van der Waals surface area contributed by atoms with Gasteiger partial charge in [0.25, 0.3) is 0 Å². The summed E-state index contributed by atoms with van der Waals surface area (Å²) < 4.78 is 10.4. The zero-order chi connectivity index (χ0) is 8.53. The third-order valence-electron chi connectivity index (χ3n) is 1.17. The van der Waals surface area contributed by atoms with Gasteiger partial charge in [-0.2, -0.15) is 0 Å². The topological polar surface area (TPSA) is 70.5 Å². The quantitative estimate of drug-likeness (QED) is 0.397. The summed E-state index contributed by atoms with van der Waals surface area (Å²) >= 11 is 0. The highest BCUT2D eigenvalue weighted by atomic mass is 16.7. The summed E-state index contributed by atoms with van der Waals surface area (Å²) in [5, 5.41) is 0. The van der Waals surface area contributed by atoms with Crippen LogP contribution in [0.5, 0.6) is 0 Å². The van der Waals surface area contributed by atoms with Crippen LogP contribution in [0.25, 0.3) is 0 Å². The first-order chi connectivity index (χ1) is 5.31. The Bertz CT molecular complexity index is 80.8. The molecule has 0 aromatic carbocycles. The van der Waals surface area contributed by atoms with Crippen LogP contribution < -0.4 is 11.5 Å². The zero-order valence-electron chi connectivity index (χ0n) is 7.08. The van der Waals surface area contributed by atoms with Crippen LogP contribution in [0.4, 0.5) is 0 Å². The van der Waals surface area contributed by atoms with Crippen molar-refractivity contribution < 1.29 is 9.47 Å². The van der Waals surface area contributed by atoms with E-state index in [9.17, 15) is 0 Å². The van der Waals surface area contributed by atoms with Gasteiger partial charge < -0.3 is 20.9 Å². The van der Waals surface area contributed by atoms with E-state index in [4.69, 9.17) is 20.9 Å². The first-order valence-corrected chi connectivity index (χ1v) is 3.94. The van der Waals surface area contributed by atoms with E-state index in [0.29, 0.717) is 26.3 Å². The summed E-state index contributed by atoms with van der Waals surface area (Å²) in [7, 11) is 0. The maximum atomic E-state index is 5.27. The predicted octanol–water partition coefficient (Wildman–Crippen LogP) is -0.327. The van der Waals surface area contributed by atoms with Crippen molar-refractivity contribution in [1.29, 1.82) is 0 Å². The van der Waals surface area contributed by atoms with E-state index in [-0.39, 0.29) is 6.29 Å². The van der Waals surface area contributed by atoms with Crippen molar-refractivity contribution in [3.8, 4) is 0 Å². The first-order valence-electron chi connectivity index (χ1n) is 3.94. The van der Waals surface area contributed by atoms with Crippen molar-refractivity contribution in [2.24, 2.45) is 11.5 Å². The van der Waals surface area contributed by atoms with Gasteiger partial charge in [-0.25, -0.2) is 0 Å². The summed E-state index contributed by atoms with van der Waals surface area (Å²) in [6.45, 7) is 4.24. The maximum Gasteiger partial charge on any atom is 0.154 e. The van der Waals surface area contributed by atoms with Gasteiger partial charge in [-0.1, -0.05) is 0 Å². The summed E-state index contributed by atoms with van der Waals surface area (Å²) in [5.41, 5.74) is 10.5. The molecule has 4 N–H and O–H groups in total. The molecule has 4 heteroatoms. The van der Waals surface area contributed by atoms with Crippen LogP contribution in [0.2, 0.25) is 0 Å². The molecule has 0 heterocycles. The highest BCUT2D eigenvalue weighted by molar-refractivity contribution is 4.38. The highest BCUT2D eigenvalue weighted by Gasteiger charge is 1.98. The Morgan fingerprint density at radius 1 is 1.09 bits per heavy atom. The molecular weight excluding hydrogens is 144 g/mol. The molecule has 0 saturated heterocycles. The second-order valence-electron chi connectivity index (χ2n) is 2.24. The van der Waals surface area contributed by atoms with E-state index in [0.717, 1.165) is 6.42 Å². The Labute approximate surface area is 67.8 Å². The van der Waals surface area contributed by atoms with Crippen molar-refractivity contribution in [1.82, 2.24) is 0 Å². The van der Waals surface area contributed by atoms with Crippen LogP contribution in [0.1, 0.15) is 13.3 Å². The fourth-order valence-corrected chi connectivity index (χ4v) is 0.615. The third-order valence-corrected chi connectivity index (χ3v) is 1.17. The minimum atomic E-state index is -0.162. The van der Waals surface area contributed by atoms with Crippen LogP contribution in [0.15, 0.2) is 0 Å². The Balaban J connectivity index is 3.02. The Morgan fingerprint density at radius 2 is 1.73 bits per heavy atom. The molecule has 0 spiro atoms. The summed E-state index contributed by atoms with van der Waals surface area (Å²) in [6, 6.07) is 0. The molecule has 0 bridgehead atoms. The second-order valence-corrected chi connectivity index (χ2v) is 2.24. The molecule has 0 fully saturated rings. The molecule has 1 unspecified atom stereocenters. The molecule has 0 aliphatic heterocycles. The minimum absolute atomic E-state index is 0.162. The van der Waals surface area contributed by atoms with Crippen LogP contribution in [0, 0.1) is 0 Å². The maximum absolute atomic E-state index is 5.27. The Kier molecular flexibility index (Phi) is 7.83. The number of hydrogen-bond donors (Lipinski definition) is 2. The van der Waals surface area contributed by atoms with Gasteiger partial charge in [-0.05, 0) is 19.9 Å². The van der Waals surface area contributed by atoms with Gasteiger partial charge in [0.2, 0.25) is 0 Å². The molecular formula is C7H18N2O2. The monoisotopic (exact) mass is 162 g/mol. The molecule has 0 aromatic heterocycles. The highest BCUT2D eigenvalue weighted by Crippen LogP contribution is 1.93. The Morgan fingerprint density at radius 3 is 2.27 bits per heavy atom. The fraction of sp³-hybridized carbons (Fsp3) is 1.00. The lowest BCUT2D eigenvalue weighted by atomic mass is 10.5. The van der Waals surface area contributed by atoms with E-state index in [1.54, 1.807) is 0 Å². The molecule has 0 radical (unpaired) electrons. The average molecular weight is 162 g/mol. The van der Waals surface area contributed by atoms with Crippen LogP contribution >= 0.6 is 0 Å². The van der Waals surface area contributed by atoms with Gasteiger partial charge >= 0.3 is 0 Å². The first kappa shape index (κ1) is 10.8. The van der Waals surface area contributed by atoms with Gasteiger partial charge in [-0.3, -0.25) is 0 Å². The average Bonchev–Trinajstić information content (AvgIpc) is 2.01. The largest absolute Gasteiger partial charge is 0.353 e. The summed E-state index contributed by atoms with van der Waals surface area (Å²) in [4.78, 5) is 0. The fourth-order valence-electron chi connectivity index (χ4n) is 0.615. The van der Waals surface area contributed by atoms with Crippen LogP contribution in [-0.4, -0.2) is 32.6 Å². The van der Waals surface area contributed by atoms with Gasteiger partial charge in [0.1, 0.15) is 0 Å². The lowest BCUT2D eigenvalue weighted by Gasteiger charge is -2.12. The number of rotatable bonds is 7. The minimum Gasteiger partial charge on any atom is -0.353 e. The number of nitrogens with two attached hydrogens (primary N) is 2. The van der Waals surface area contributed by atoms with E-state index in [1.807, 2.05) is 6.92 Å². The summed E-state index contributed by atoms with van der Waals surface area (Å²) in [6.07, 6.45) is 0.709. The van der Waals surface area contributed by atoms with Gasteiger partial charge in [0.05, 0.1) is 13.2 Å². The molecule has 68 valence electrons. The molecule has 0 rings (SSSR count). The molecule has 0 aromatic rings. The smallest absolute Gasteiger partial charge is 0.154 e. The van der Waals surface area contributed by atoms with Crippen molar-refractivity contribution in [2.75, 3.05) is 26.3 Å². The van der Waals surface area contributed by atoms with Crippen molar-refractivity contribution in [3.05, 3.63) is 0 Å². The van der Waals surface area contributed by atoms with Gasteiger partial charge in [-0.15, -0.1) is 0 Å². The molecule has 11 heavy (non-hydrogen) atoms. The third kappa shape index (κ3) is 7.74. The number of ether oxygens (including phenoxy) is 2. The van der Waals surface area contributed by atoms with Crippen molar-refractivity contribution in [3.63, 3.8) is 0 Å². The molecule has 0 amide bonds. The molecule has 0 aliphatic carbocycles. The van der Waals surface area contributed by atoms with Gasteiger partial charge in [0, 0.05) is 6.54 Å². The van der Waals surface area contributed by atoms with E-state index in [2.05, 4.69) is 0 Å². The van der Waals surface area contributed by atoms with Gasteiger partial charge in [0.15, 0.2) is 6.29 Å². The number of hydrogen-bond acceptors (Lipinski definition) is 4. The SMILES string of the molecule is CC(OCCN)OCCCN. The normalized spacial score (nSPS) is 13.4. The molecule has 4 nitrogen and oxygen atoms in total. The van der Waals surface area contributed by atoms with Crippen molar-refractivity contribution >= 4 is 0 Å². The van der Waals surface area contributed by atoms with E-state index in [1.165, 1.54) is 0 Å². The van der Waals surface area contributed by atoms with Crippen molar-refractivity contribution in [2.45, 2.75) is 19.6 Å². The predicted molar refractivity (Wildman–Crippen MR) is 44.1 cm³/mol. The van der Waals surface area contributed by atoms with Crippen LogP contribution in [0.3, 0.4) is 0 Å². The van der Waals surface area contributed by atoms with E-state index >= 15 is 0 Å². The Hall–Kier alpha value is -0.160. The standard InChI is InChI=1S/C7H18N2O2/c1-7(11-6-4-9)10-5-2-3-8/h7H,2-6,8-9H2,1H3. The second kappa shape index (κ2) is 7.94. The molecule has 0 aliphatic rings. The van der Waals surface area contributed by atoms with E-state index < -0.39 is 0 Å². The lowest BCUT2D eigenvalue weighted by molar-refractivity contribution is -0.128. The summed E-state index contributed by atoms with van der Waals surface area (Å²) in [5.74, 6) is 0. The molecule has 0 saturated carbocycles. The van der Waals surface area contributed by atoms with Crippen LogP contribution in [-0.2, 0) is 9.47 Å².